The number of benzene rings is 1. The van der Waals surface area contributed by atoms with E-state index in [1.165, 1.54) is 4.90 Å². The molecular weight excluding hydrogens is 486 g/mol. The molecule has 9 nitrogen and oxygen atoms in total. The predicted octanol–water partition coefficient (Wildman–Crippen LogP) is 4.74. The maximum atomic E-state index is 13.8. The fraction of sp³-hybridized carbons (Fsp3) is 0.655. The van der Waals surface area contributed by atoms with Crippen LogP contribution in [0.25, 0.3) is 0 Å². The van der Waals surface area contributed by atoms with Crippen molar-refractivity contribution >= 4 is 23.9 Å². The van der Waals surface area contributed by atoms with Gasteiger partial charge in [0.05, 0.1) is 13.0 Å². The summed E-state index contributed by atoms with van der Waals surface area (Å²) in [6, 6.07) is 3.88. The molecule has 214 valence electrons. The van der Waals surface area contributed by atoms with Gasteiger partial charge in [-0.1, -0.05) is 49.9 Å². The number of unbranched alkanes of at least 4 members (excludes halogenated alkanes) is 3. The van der Waals surface area contributed by atoms with Crippen molar-refractivity contribution in [3.63, 3.8) is 0 Å². The topological polar surface area (TPSA) is 114 Å². The minimum atomic E-state index is -0.935. The lowest BCUT2D eigenvalue weighted by molar-refractivity contribution is -0.144. The van der Waals surface area contributed by atoms with E-state index in [9.17, 15) is 19.2 Å². The number of rotatable bonds is 14. The lowest BCUT2D eigenvalue weighted by atomic mass is 9.96. The molecule has 0 aliphatic heterocycles. The molecular formula is C29H47N3O6. The summed E-state index contributed by atoms with van der Waals surface area (Å²) in [6.45, 7) is 15.2. The van der Waals surface area contributed by atoms with Gasteiger partial charge in [-0.2, -0.15) is 0 Å². The van der Waals surface area contributed by atoms with Crippen LogP contribution in [0.4, 0.5) is 4.79 Å². The van der Waals surface area contributed by atoms with Gasteiger partial charge in [0, 0.05) is 13.1 Å². The lowest BCUT2D eigenvalue weighted by Gasteiger charge is -2.34. The van der Waals surface area contributed by atoms with Gasteiger partial charge in [0.1, 0.15) is 17.7 Å². The molecule has 0 aliphatic carbocycles. The van der Waals surface area contributed by atoms with Crippen LogP contribution in [0.1, 0.15) is 96.4 Å². The molecule has 0 heterocycles. The number of hydrogen-bond donors (Lipinski definition) is 2. The Bertz CT molecular complexity index is 941. The van der Waals surface area contributed by atoms with Crippen LogP contribution in [0.15, 0.2) is 18.2 Å². The van der Waals surface area contributed by atoms with Gasteiger partial charge in [-0.15, -0.1) is 0 Å². The second-order valence-corrected chi connectivity index (χ2v) is 10.6. The van der Waals surface area contributed by atoms with E-state index in [0.717, 1.165) is 30.4 Å². The number of amides is 3. The van der Waals surface area contributed by atoms with Crippen LogP contribution in [0, 0.1) is 13.8 Å². The summed E-state index contributed by atoms with van der Waals surface area (Å²) in [4.78, 5) is 53.1. The average Bonchev–Trinajstić information content (AvgIpc) is 2.80. The normalized spacial score (nSPS) is 12.7. The van der Waals surface area contributed by atoms with E-state index in [-0.39, 0.29) is 19.6 Å². The summed E-state index contributed by atoms with van der Waals surface area (Å²) in [6.07, 6.45) is 2.97. The molecule has 0 bridgehead atoms. The number of carbonyl (C=O) groups excluding carboxylic acids is 4. The monoisotopic (exact) mass is 533 g/mol. The quantitative estimate of drug-likeness (QED) is 0.264. The first kappa shape index (κ1) is 32.9. The summed E-state index contributed by atoms with van der Waals surface area (Å²) in [5, 5.41) is 5.43. The zero-order chi connectivity index (χ0) is 28.9. The molecule has 1 rings (SSSR count). The third kappa shape index (κ3) is 11.5. The Morgan fingerprint density at radius 2 is 1.71 bits per heavy atom. The Hall–Kier alpha value is -3.10. The lowest BCUT2D eigenvalue weighted by Crippen LogP contribution is -2.52. The van der Waals surface area contributed by atoms with E-state index in [0.29, 0.717) is 18.5 Å². The number of hydrogen-bond acceptors (Lipinski definition) is 6. The van der Waals surface area contributed by atoms with Gasteiger partial charge in [-0.05, 0) is 66.0 Å². The highest BCUT2D eigenvalue weighted by Crippen LogP contribution is 2.27. The standard InChI is InChI=1S/C29H47N3O6/c1-9-11-12-13-18-32(27(35)22(5)31-28(36)38-29(6,7)8)25(23-15-14-20(3)19-21(23)4)26(34)30-17-16-24(33)37-10-2/h14-15,19,22,25H,9-13,16-18H2,1-8H3,(H,30,34)(H,31,36). The van der Waals surface area contributed by atoms with E-state index in [1.54, 1.807) is 34.6 Å². The summed E-state index contributed by atoms with van der Waals surface area (Å²) < 4.78 is 10.3. The van der Waals surface area contributed by atoms with E-state index < -0.39 is 41.6 Å². The molecule has 0 radical (unpaired) electrons. The largest absolute Gasteiger partial charge is 0.466 e. The van der Waals surface area contributed by atoms with Crippen LogP contribution >= 0.6 is 0 Å². The molecule has 0 saturated heterocycles. The maximum Gasteiger partial charge on any atom is 0.408 e. The SMILES string of the molecule is CCCCCCN(C(=O)C(C)NC(=O)OC(C)(C)C)C(C(=O)NCCC(=O)OCC)c1ccc(C)cc1C. The van der Waals surface area contributed by atoms with Crippen molar-refractivity contribution in [1.29, 1.82) is 0 Å². The first-order chi connectivity index (χ1) is 17.8. The molecule has 0 aromatic heterocycles. The molecule has 2 atom stereocenters. The fourth-order valence-corrected chi connectivity index (χ4v) is 4.07. The third-order valence-electron chi connectivity index (χ3n) is 5.85. The van der Waals surface area contributed by atoms with Gasteiger partial charge in [0.15, 0.2) is 0 Å². The average molecular weight is 534 g/mol. The van der Waals surface area contributed by atoms with Gasteiger partial charge in [0.2, 0.25) is 11.8 Å². The van der Waals surface area contributed by atoms with E-state index in [4.69, 9.17) is 9.47 Å². The van der Waals surface area contributed by atoms with Gasteiger partial charge in [-0.25, -0.2) is 4.79 Å². The molecule has 0 spiro atoms. The predicted molar refractivity (Wildman–Crippen MR) is 148 cm³/mol. The molecule has 2 N–H and O–H groups in total. The number of carbonyl (C=O) groups is 4. The van der Waals surface area contributed by atoms with Crippen molar-refractivity contribution in [3.05, 3.63) is 34.9 Å². The summed E-state index contributed by atoms with van der Waals surface area (Å²) in [5.41, 5.74) is 1.88. The van der Waals surface area contributed by atoms with Crippen molar-refractivity contribution in [2.45, 2.75) is 105 Å². The summed E-state index contributed by atoms with van der Waals surface area (Å²) >= 11 is 0. The van der Waals surface area contributed by atoms with E-state index in [1.807, 2.05) is 32.0 Å². The molecule has 38 heavy (non-hydrogen) atoms. The van der Waals surface area contributed by atoms with E-state index in [2.05, 4.69) is 17.6 Å². The van der Waals surface area contributed by atoms with Crippen molar-refractivity contribution in [2.75, 3.05) is 19.7 Å². The van der Waals surface area contributed by atoms with Gasteiger partial charge < -0.3 is 25.0 Å². The Labute approximate surface area is 228 Å². The van der Waals surface area contributed by atoms with Crippen molar-refractivity contribution in [1.82, 2.24) is 15.5 Å². The first-order valence-corrected chi connectivity index (χ1v) is 13.6. The first-order valence-electron chi connectivity index (χ1n) is 13.6. The van der Waals surface area contributed by atoms with Gasteiger partial charge in [-0.3, -0.25) is 14.4 Å². The number of alkyl carbamates (subject to hydrolysis) is 1. The molecule has 1 aromatic rings. The molecule has 2 unspecified atom stereocenters. The minimum Gasteiger partial charge on any atom is -0.466 e. The molecule has 9 heteroatoms. The Morgan fingerprint density at radius 3 is 2.29 bits per heavy atom. The van der Waals surface area contributed by atoms with Crippen molar-refractivity contribution in [2.24, 2.45) is 0 Å². The van der Waals surface area contributed by atoms with Crippen LogP contribution in [-0.4, -0.2) is 60.1 Å². The molecule has 0 saturated carbocycles. The number of nitrogens with one attached hydrogen (secondary N) is 2. The van der Waals surface area contributed by atoms with Crippen LogP contribution in [0.2, 0.25) is 0 Å². The highest BCUT2D eigenvalue weighted by atomic mass is 16.6. The zero-order valence-electron chi connectivity index (χ0n) is 24.4. The smallest absolute Gasteiger partial charge is 0.408 e. The van der Waals surface area contributed by atoms with Gasteiger partial charge in [0.25, 0.3) is 0 Å². The van der Waals surface area contributed by atoms with Crippen molar-refractivity contribution < 1.29 is 28.7 Å². The Kier molecular flexibility index (Phi) is 13.9. The molecule has 0 aliphatic rings. The second-order valence-electron chi connectivity index (χ2n) is 10.6. The van der Waals surface area contributed by atoms with E-state index >= 15 is 0 Å². The highest BCUT2D eigenvalue weighted by Gasteiger charge is 2.35. The summed E-state index contributed by atoms with van der Waals surface area (Å²) in [5.74, 6) is -1.19. The third-order valence-corrected chi connectivity index (χ3v) is 5.85. The van der Waals surface area contributed by atoms with Gasteiger partial charge >= 0.3 is 12.1 Å². The number of nitrogens with zero attached hydrogens (tertiary/aromatic N) is 1. The maximum absolute atomic E-state index is 13.8. The summed E-state index contributed by atoms with van der Waals surface area (Å²) in [7, 11) is 0. The zero-order valence-corrected chi connectivity index (χ0v) is 24.4. The van der Waals surface area contributed by atoms with Crippen LogP contribution in [-0.2, 0) is 23.9 Å². The Balaban J connectivity index is 3.32. The van der Waals surface area contributed by atoms with Crippen LogP contribution in [0.3, 0.4) is 0 Å². The molecule has 0 fully saturated rings. The van der Waals surface area contributed by atoms with Crippen molar-refractivity contribution in [3.8, 4) is 0 Å². The Morgan fingerprint density at radius 1 is 1.03 bits per heavy atom. The molecule has 1 aromatic carbocycles. The number of esters is 1. The fourth-order valence-electron chi connectivity index (χ4n) is 4.07. The number of ether oxygens (including phenoxy) is 2. The molecule has 3 amide bonds. The minimum absolute atomic E-state index is 0.0280. The van der Waals surface area contributed by atoms with Crippen LogP contribution < -0.4 is 10.6 Å². The van der Waals surface area contributed by atoms with Crippen LogP contribution in [0.5, 0.6) is 0 Å². The second kappa shape index (κ2) is 16.0. The number of aryl methyl sites for hydroxylation is 2. The highest BCUT2D eigenvalue weighted by molar-refractivity contribution is 5.92.